The number of hydrogen-bond acceptors (Lipinski definition) is 12. The van der Waals surface area contributed by atoms with Crippen LogP contribution in [0.4, 0.5) is 5.82 Å². The van der Waals surface area contributed by atoms with Crippen molar-refractivity contribution >= 4 is 50.5 Å². The van der Waals surface area contributed by atoms with Crippen LogP contribution in [0, 0.1) is 19.8 Å². The molecule has 290 valence electrons. The number of carbonyl (C=O) groups excluding carboxylic acids is 2. The molecule has 6 aromatic rings. The molecule has 4 aromatic heterocycles. The molecule has 5 atom stereocenters. The second-order valence-corrected chi connectivity index (χ2v) is 17.2. The Kier molecular flexibility index (Phi) is 10.4. The van der Waals surface area contributed by atoms with Gasteiger partial charge in [0.05, 0.1) is 33.9 Å². The summed E-state index contributed by atoms with van der Waals surface area (Å²) in [6.45, 7) is 11.5. The summed E-state index contributed by atoms with van der Waals surface area (Å²) in [7, 11) is 0. The second-order valence-electron chi connectivity index (χ2n) is 15.3. The number of aliphatic hydroxyl groups excluding tert-OH is 1. The Bertz CT molecular complexity index is 2390. The third-order valence-corrected chi connectivity index (χ3v) is 13.5. The van der Waals surface area contributed by atoms with Crippen LogP contribution in [0.25, 0.3) is 31.9 Å². The molecule has 0 saturated carbocycles. The maximum absolute atomic E-state index is 14.3. The number of likely N-dealkylation sites (tertiary alicyclic amines) is 1. The fraction of sp³-hybridized carbons (Fsp3) is 0.381. The van der Waals surface area contributed by atoms with Gasteiger partial charge in [-0.25, -0.2) is 4.98 Å². The van der Waals surface area contributed by atoms with Crippen molar-refractivity contribution in [3.63, 3.8) is 0 Å². The van der Waals surface area contributed by atoms with E-state index in [4.69, 9.17) is 4.52 Å². The number of anilines is 1. The molecule has 2 aliphatic heterocycles. The monoisotopic (exact) mass is 791 g/mol. The number of para-hydroxylation sites is 1. The molecule has 2 amide bonds. The standard InChI is InChI=1S/C42H45N7O5S2/c1-22(2)37(42(53)49-20-29(50)16-33(49)40(52)44-24(4)26-10-12-27(13-11-26)39-25(5)43-21-55-39)35-18-36(47-54-35)48-15-14-28(19-48)38-23(3)31-17-32(45-46-41(31)56-38)30-8-6-7-9-34(30)51/h6-13,17-18,21-22,24,28-29,33,37,50-51H,14-16,19-20H2,1-5H3,(H,44,52)/t24-,28-,29+,33-,37+/m0/s1. The first-order chi connectivity index (χ1) is 27.0. The van der Waals surface area contributed by atoms with E-state index in [9.17, 15) is 19.8 Å². The number of nitrogens with one attached hydrogen (secondary N) is 1. The minimum absolute atomic E-state index is 0.0686. The minimum atomic E-state index is -0.814. The van der Waals surface area contributed by atoms with Gasteiger partial charge in [-0.3, -0.25) is 9.59 Å². The number of benzene rings is 2. The summed E-state index contributed by atoms with van der Waals surface area (Å²) in [6, 6.07) is 17.9. The third-order valence-electron chi connectivity index (χ3n) is 11.2. The van der Waals surface area contributed by atoms with Crippen molar-refractivity contribution in [2.75, 3.05) is 24.5 Å². The maximum atomic E-state index is 14.3. The molecular weight excluding hydrogens is 747 g/mol. The number of β-amino-alcohol motifs (C(OH)–C–C–N with tert-alkyl or cyclic N) is 1. The van der Waals surface area contributed by atoms with E-state index in [1.807, 2.05) is 81.7 Å². The molecule has 14 heteroatoms. The molecule has 3 N–H and O–H groups in total. The Hall–Kier alpha value is -5.18. The number of hydrogen-bond donors (Lipinski definition) is 3. The van der Waals surface area contributed by atoms with E-state index in [-0.39, 0.29) is 48.4 Å². The highest BCUT2D eigenvalue weighted by atomic mass is 32.1. The molecule has 0 bridgehead atoms. The molecule has 8 rings (SSSR count). The number of amides is 2. The molecule has 12 nitrogen and oxygen atoms in total. The van der Waals surface area contributed by atoms with Crippen LogP contribution in [0.3, 0.4) is 0 Å². The highest BCUT2D eigenvalue weighted by molar-refractivity contribution is 7.19. The number of phenols is 1. The van der Waals surface area contributed by atoms with Gasteiger partial charge in [0, 0.05) is 53.9 Å². The molecule has 0 aliphatic carbocycles. The van der Waals surface area contributed by atoms with Crippen LogP contribution in [-0.4, -0.2) is 79.0 Å². The number of thiophene rings is 1. The molecule has 0 radical (unpaired) electrons. The number of rotatable bonds is 10. The first-order valence-electron chi connectivity index (χ1n) is 19.0. The number of aromatic nitrogens is 4. The Morgan fingerprint density at radius 1 is 1.02 bits per heavy atom. The second kappa shape index (κ2) is 15.4. The lowest BCUT2D eigenvalue weighted by Gasteiger charge is -2.29. The van der Waals surface area contributed by atoms with Gasteiger partial charge in [-0.1, -0.05) is 55.4 Å². The zero-order chi connectivity index (χ0) is 39.2. The average molecular weight is 792 g/mol. The summed E-state index contributed by atoms with van der Waals surface area (Å²) in [5.74, 6) is 0.132. The first-order valence-corrected chi connectivity index (χ1v) is 20.7. The van der Waals surface area contributed by atoms with Crippen molar-refractivity contribution in [2.45, 2.75) is 77.5 Å². The van der Waals surface area contributed by atoms with Gasteiger partial charge in [0.25, 0.3) is 0 Å². The number of nitrogens with zero attached hydrogens (tertiary/aromatic N) is 6. The zero-order valence-electron chi connectivity index (χ0n) is 32.0. The molecule has 0 spiro atoms. The van der Waals surface area contributed by atoms with Gasteiger partial charge in [0.15, 0.2) is 11.6 Å². The summed E-state index contributed by atoms with van der Waals surface area (Å²) >= 11 is 3.25. The summed E-state index contributed by atoms with van der Waals surface area (Å²) in [5.41, 5.74) is 7.27. The fourth-order valence-electron chi connectivity index (χ4n) is 8.12. The predicted molar refractivity (Wildman–Crippen MR) is 218 cm³/mol. The number of aliphatic hydroxyl groups is 1. The van der Waals surface area contributed by atoms with Crippen molar-refractivity contribution in [1.82, 2.24) is 30.6 Å². The van der Waals surface area contributed by atoms with Crippen molar-refractivity contribution in [3.8, 4) is 27.4 Å². The lowest BCUT2D eigenvalue weighted by atomic mass is 9.91. The molecule has 0 unspecified atom stereocenters. The molecular formula is C42H45N7O5S2. The molecule has 2 aromatic carbocycles. The fourth-order valence-corrected chi connectivity index (χ4v) is 10.2. The van der Waals surface area contributed by atoms with E-state index in [2.05, 4.69) is 37.5 Å². The highest BCUT2D eigenvalue weighted by Gasteiger charge is 2.44. The van der Waals surface area contributed by atoms with Crippen LogP contribution in [-0.2, 0) is 9.59 Å². The predicted octanol–water partition coefficient (Wildman–Crippen LogP) is 7.36. The van der Waals surface area contributed by atoms with E-state index >= 15 is 0 Å². The molecule has 2 aliphatic rings. The van der Waals surface area contributed by atoms with E-state index in [0.29, 0.717) is 22.8 Å². The van der Waals surface area contributed by atoms with Crippen molar-refractivity contribution in [2.24, 2.45) is 5.92 Å². The topological polar surface area (TPSA) is 158 Å². The third kappa shape index (κ3) is 7.17. The number of aryl methyl sites for hydroxylation is 2. The van der Waals surface area contributed by atoms with Crippen LogP contribution in [0.2, 0.25) is 0 Å². The van der Waals surface area contributed by atoms with E-state index in [0.717, 1.165) is 57.0 Å². The average Bonchev–Trinajstić information content (AvgIpc) is 4.03. The van der Waals surface area contributed by atoms with Gasteiger partial charge in [0.1, 0.15) is 22.5 Å². The van der Waals surface area contributed by atoms with E-state index in [1.165, 1.54) is 9.78 Å². The molecule has 2 fully saturated rings. The van der Waals surface area contributed by atoms with E-state index < -0.39 is 18.1 Å². The largest absolute Gasteiger partial charge is 0.507 e. The van der Waals surface area contributed by atoms with Crippen LogP contribution in [0.1, 0.15) is 78.9 Å². The Morgan fingerprint density at radius 3 is 2.54 bits per heavy atom. The maximum Gasteiger partial charge on any atom is 0.243 e. The Morgan fingerprint density at radius 2 is 1.80 bits per heavy atom. The normalized spacial score (nSPS) is 19.6. The van der Waals surface area contributed by atoms with Gasteiger partial charge in [0.2, 0.25) is 11.8 Å². The van der Waals surface area contributed by atoms with Gasteiger partial charge in [-0.15, -0.1) is 32.9 Å². The van der Waals surface area contributed by atoms with Crippen LogP contribution < -0.4 is 10.2 Å². The summed E-state index contributed by atoms with van der Waals surface area (Å²) in [4.78, 5) is 39.3. The number of carbonyl (C=O) groups is 2. The van der Waals surface area contributed by atoms with Crippen molar-refractivity contribution < 1.29 is 24.3 Å². The first kappa shape index (κ1) is 37.7. The van der Waals surface area contributed by atoms with Crippen molar-refractivity contribution in [1.29, 1.82) is 0 Å². The van der Waals surface area contributed by atoms with Gasteiger partial charge < -0.3 is 29.9 Å². The van der Waals surface area contributed by atoms with Gasteiger partial charge >= 0.3 is 0 Å². The number of aromatic hydroxyl groups is 1. The quantitative estimate of drug-likeness (QED) is 0.128. The minimum Gasteiger partial charge on any atom is -0.507 e. The van der Waals surface area contributed by atoms with Gasteiger partial charge in [-0.2, -0.15) is 0 Å². The summed E-state index contributed by atoms with van der Waals surface area (Å²) in [5, 5.41) is 38.6. The summed E-state index contributed by atoms with van der Waals surface area (Å²) in [6.07, 6.45) is 0.264. The zero-order valence-corrected chi connectivity index (χ0v) is 33.6. The smallest absolute Gasteiger partial charge is 0.243 e. The Labute approximate surface area is 333 Å². The number of phenolic OH excluding ortho intramolecular Hbond substituents is 1. The van der Waals surface area contributed by atoms with Crippen molar-refractivity contribution in [3.05, 3.63) is 93.6 Å². The van der Waals surface area contributed by atoms with Crippen LogP contribution >= 0.6 is 22.7 Å². The number of thiazole rings is 1. The molecule has 2 saturated heterocycles. The summed E-state index contributed by atoms with van der Waals surface area (Å²) < 4.78 is 5.91. The molecule has 56 heavy (non-hydrogen) atoms. The SMILES string of the molecule is Cc1ncsc1-c1ccc([C@H](C)NC(=O)[C@@H]2C[C@@H](O)CN2C(=O)[C@@H](c2cc(N3CC[C@H](c4sc5nnc(-c6ccccc6O)cc5c4C)C3)no2)C(C)C)cc1. The number of fused-ring (bicyclic) bond motifs is 1. The molecule has 6 heterocycles. The lowest BCUT2D eigenvalue weighted by molar-refractivity contribution is -0.141. The van der Waals surface area contributed by atoms with Crippen LogP contribution in [0.5, 0.6) is 5.75 Å². The van der Waals surface area contributed by atoms with Crippen LogP contribution in [0.15, 0.2) is 70.7 Å². The Balaban J connectivity index is 0.945. The lowest BCUT2D eigenvalue weighted by Crippen LogP contribution is -2.48. The highest BCUT2D eigenvalue weighted by Crippen LogP contribution is 2.42. The van der Waals surface area contributed by atoms with E-state index in [1.54, 1.807) is 34.8 Å². The van der Waals surface area contributed by atoms with Gasteiger partial charge in [-0.05, 0) is 68.0 Å².